The fraction of sp³-hybridized carbons (Fsp3) is 0.0667. The van der Waals surface area contributed by atoms with E-state index in [9.17, 15) is 8.42 Å². The predicted molar refractivity (Wildman–Crippen MR) is 72.8 cm³/mol. The van der Waals surface area contributed by atoms with Gasteiger partial charge in [0, 0.05) is 5.56 Å². The summed E-state index contributed by atoms with van der Waals surface area (Å²) in [5, 5.41) is 0. The van der Waals surface area contributed by atoms with Crippen molar-refractivity contribution in [1.82, 2.24) is 0 Å². The standard InChI is InChI=1S/C15H12O3S/c1-13-7-9-15(10-8-13)19(16,17)18-12-11-14-5-3-2-4-6-14/h2-10H,1H3. The van der Waals surface area contributed by atoms with Crippen LogP contribution in [0.2, 0.25) is 0 Å². The Kier molecular flexibility index (Phi) is 3.88. The Morgan fingerprint density at radius 3 is 2.21 bits per heavy atom. The van der Waals surface area contributed by atoms with Gasteiger partial charge in [0.05, 0.1) is 0 Å². The maximum atomic E-state index is 11.8. The minimum Gasteiger partial charge on any atom is -0.324 e. The first-order valence-corrected chi connectivity index (χ1v) is 7.05. The van der Waals surface area contributed by atoms with Crippen LogP contribution in [0.3, 0.4) is 0 Å². The minimum atomic E-state index is -3.82. The Balaban J connectivity index is 2.15. The molecular weight excluding hydrogens is 260 g/mol. The second-order valence-corrected chi connectivity index (χ2v) is 5.49. The molecular formula is C15H12O3S. The molecule has 0 atom stereocenters. The van der Waals surface area contributed by atoms with Gasteiger partial charge in [-0.15, -0.1) is 0 Å². The molecule has 19 heavy (non-hydrogen) atoms. The zero-order valence-electron chi connectivity index (χ0n) is 10.3. The van der Waals surface area contributed by atoms with Gasteiger partial charge in [0.15, 0.2) is 0 Å². The van der Waals surface area contributed by atoms with Crippen LogP contribution in [0.5, 0.6) is 0 Å². The summed E-state index contributed by atoms with van der Waals surface area (Å²) in [6, 6.07) is 15.4. The normalized spacial score (nSPS) is 10.4. The molecule has 0 aromatic heterocycles. The van der Waals surface area contributed by atoms with Gasteiger partial charge in [-0.3, -0.25) is 0 Å². The van der Waals surface area contributed by atoms with Gasteiger partial charge in [0.2, 0.25) is 0 Å². The number of rotatable bonds is 2. The highest BCUT2D eigenvalue weighted by molar-refractivity contribution is 7.86. The molecule has 0 N–H and O–H groups in total. The summed E-state index contributed by atoms with van der Waals surface area (Å²) in [7, 11) is -3.82. The summed E-state index contributed by atoms with van der Waals surface area (Å²) >= 11 is 0. The van der Waals surface area contributed by atoms with Gasteiger partial charge in [-0.1, -0.05) is 35.9 Å². The Morgan fingerprint density at radius 1 is 0.947 bits per heavy atom. The number of hydrogen-bond acceptors (Lipinski definition) is 3. The van der Waals surface area contributed by atoms with Gasteiger partial charge < -0.3 is 4.18 Å². The quantitative estimate of drug-likeness (QED) is 0.623. The van der Waals surface area contributed by atoms with Crippen LogP contribution in [-0.4, -0.2) is 8.42 Å². The Labute approximate surface area is 113 Å². The fourth-order valence-electron chi connectivity index (χ4n) is 1.41. The highest BCUT2D eigenvalue weighted by Gasteiger charge is 2.13. The summed E-state index contributed by atoms with van der Waals surface area (Å²) in [5.41, 5.74) is 1.68. The maximum absolute atomic E-state index is 11.8. The van der Waals surface area contributed by atoms with Crippen molar-refractivity contribution in [1.29, 1.82) is 0 Å². The molecule has 0 fully saturated rings. The molecule has 2 aromatic rings. The van der Waals surface area contributed by atoms with Crippen LogP contribution in [0, 0.1) is 19.0 Å². The van der Waals surface area contributed by atoms with Gasteiger partial charge in [-0.25, -0.2) is 0 Å². The lowest BCUT2D eigenvalue weighted by atomic mass is 10.2. The lowest BCUT2D eigenvalue weighted by Crippen LogP contribution is -2.02. The van der Waals surface area contributed by atoms with E-state index < -0.39 is 10.1 Å². The van der Waals surface area contributed by atoms with E-state index in [4.69, 9.17) is 0 Å². The molecule has 0 radical (unpaired) electrons. The lowest BCUT2D eigenvalue weighted by Gasteiger charge is -2.00. The first-order valence-electron chi connectivity index (χ1n) is 5.64. The van der Waals surface area contributed by atoms with Crippen molar-refractivity contribution in [2.75, 3.05) is 0 Å². The van der Waals surface area contributed by atoms with Gasteiger partial charge in [-0.2, -0.15) is 8.42 Å². The summed E-state index contributed by atoms with van der Waals surface area (Å²) in [4.78, 5) is 0.0976. The van der Waals surface area contributed by atoms with Crippen molar-refractivity contribution in [3.8, 4) is 12.0 Å². The van der Waals surface area contributed by atoms with E-state index in [-0.39, 0.29) is 4.90 Å². The third-order valence-corrected chi connectivity index (χ3v) is 3.58. The monoisotopic (exact) mass is 272 g/mol. The van der Waals surface area contributed by atoms with Gasteiger partial charge >= 0.3 is 10.1 Å². The number of aryl methyl sites for hydroxylation is 1. The largest absolute Gasteiger partial charge is 0.347 e. The molecule has 0 aliphatic heterocycles. The molecule has 3 nitrogen and oxygen atoms in total. The molecule has 0 unspecified atom stereocenters. The Morgan fingerprint density at radius 2 is 1.58 bits per heavy atom. The molecule has 2 aromatic carbocycles. The summed E-state index contributed by atoms with van der Waals surface area (Å²) in [6.45, 7) is 1.88. The van der Waals surface area contributed by atoms with E-state index in [0.717, 1.165) is 5.56 Å². The molecule has 0 aliphatic carbocycles. The van der Waals surface area contributed by atoms with Crippen LogP contribution >= 0.6 is 0 Å². The van der Waals surface area contributed by atoms with Crippen molar-refractivity contribution < 1.29 is 12.6 Å². The van der Waals surface area contributed by atoms with Crippen LogP contribution in [0.1, 0.15) is 11.1 Å². The Hall–Kier alpha value is -2.25. The van der Waals surface area contributed by atoms with Crippen molar-refractivity contribution in [2.45, 2.75) is 11.8 Å². The summed E-state index contributed by atoms with van der Waals surface area (Å²) < 4.78 is 28.3. The maximum Gasteiger partial charge on any atom is 0.347 e. The van der Waals surface area contributed by atoms with E-state index in [1.54, 1.807) is 24.3 Å². The second-order valence-electron chi connectivity index (χ2n) is 3.94. The van der Waals surface area contributed by atoms with Gasteiger partial charge in [0.1, 0.15) is 11.0 Å². The van der Waals surface area contributed by atoms with Crippen LogP contribution in [0.25, 0.3) is 0 Å². The first kappa shape index (κ1) is 13.2. The van der Waals surface area contributed by atoms with Crippen LogP contribution < -0.4 is 0 Å². The smallest absolute Gasteiger partial charge is 0.324 e. The summed E-state index contributed by atoms with van der Waals surface area (Å²) in [6.07, 6.45) is 2.22. The van der Waals surface area contributed by atoms with E-state index >= 15 is 0 Å². The molecule has 0 saturated heterocycles. The van der Waals surface area contributed by atoms with Crippen molar-refractivity contribution >= 4 is 10.1 Å². The molecule has 0 amide bonds. The highest BCUT2D eigenvalue weighted by atomic mass is 32.2. The third-order valence-electron chi connectivity index (χ3n) is 2.43. The van der Waals surface area contributed by atoms with Crippen molar-refractivity contribution in [2.24, 2.45) is 0 Å². The van der Waals surface area contributed by atoms with Crippen LogP contribution in [0.15, 0.2) is 59.5 Å². The number of hydrogen-bond donors (Lipinski definition) is 0. The SMILES string of the molecule is Cc1ccc(S(=O)(=O)OC#Cc2ccccc2)cc1. The highest BCUT2D eigenvalue weighted by Crippen LogP contribution is 2.12. The second kappa shape index (κ2) is 5.59. The molecule has 0 bridgehead atoms. The average Bonchev–Trinajstić information content (AvgIpc) is 2.40. The van der Waals surface area contributed by atoms with Crippen LogP contribution in [0.4, 0.5) is 0 Å². The van der Waals surface area contributed by atoms with Gasteiger partial charge in [-0.05, 0) is 37.1 Å². The minimum absolute atomic E-state index is 0.0976. The lowest BCUT2D eigenvalue weighted by molar-refractivity contribution is 0.465. The van der Waals surface area contributed by atoms with Crippen LogP contribution in [-0.2, 0) is 14.3 Å². The molecule has 96 valence electrons. The molecule has 0 spiro atoms. The average molecular weight is 272 g/mol. The fourth-order valence-corrected chi connectivity index (χ4v) is 2.13. The van der Waals surface area contributed by atoms with E-state index in [1.807, 2.05) is 25.1 Å². The van der Waals surface area contributed by atoms with E-state index in [1.165, 1.54) is 12.1 Å². The summed E-state index contributed by atoms with van der Waals surface area (Å²) in [5.74, 6) is 2.63. The molecule has 4 heteroatoms. The van der Waals surface area contributed by atoms with E-state index in [0.29, 0.717) is 5.56 Å². The molecule has 0 heterocycles. The molecule has 0 saturated carbocycles. The van der Waals surface area contributed by atoms with E-state index in [2.05, 4.69) is 16.2 Å². The zero-order chi connectivity index (χ0) is 13.7. The Bertz CT molecular complexity index is 705. The topological polar surface area (TPSA) is 43.4 Å². The zero-order valence-corrected chi connectivity index (χ0v) is 11.1. The number of benzene rings is 2. The van der Waals surface area contributed by atoms with Crippen molar-refractivity contribution in [3.05, 3.63) is 65.7 Å². The molecule has 0 aliphatic rings. The van der Waals surface area contributed by atoms with Gasteiger partial charge in [0.25, 0.3) is 0 Å². The predicted octanol–water partition coefficient (Wildman–Crippen LogP) is 2.71. The first-order chi connectivity index (χ1) is 9.08. The molecule has 2 rings (SSSR count). The van der Waals surface area contributed by atoms with Crippen molar-refractivity contribution in [3.63, 3.8) is 0 Å². The third kappa shape index (κ3) is 3.60.